The molecule has 2 rings (SSSR count). The summed E-state index contributed by atoms with van der Waals surface area (Å²) in [4.78, 5) is 14.0. The summed E-state index contributed by atoms with van der Waals surface area (Å²) in [6.07, 6.45) is 0. The molecule has 0 unspecified atom stereocenters. The molecule has 1 aliphatic heterocycles. The highest BCUT2D eigenvalue weighted by Gasteiger charge is 2.35. The number of amides is 1. The van der Waals surface area contributed by atoms with Crippen molar-refractivity contribution in [3.05, 3.63) is 29.6 Å². The first-order chi connectivity index (χ1) is 8.43. The molecule has 1 aromatic carbocycles. The summed E-state index contributed by atoms with van der Waals surface area (Å²) in [5.41, 5.74) is -0.642. The van der Waals surface area contributed by atoms with Crippen LogP contribution in [0.25, 0.3) is 0 Å². The third-order valence-corrected chi connectivity index (χ3v) is 3.25. The molecule has 4 nitrogen and oxygen atoms in total. The number of carbonyl (C=O) groups is 1. The molecule has 1 aromatic rings. The fourth-order valence-electron chi connectivity index (χ4n) is 2.22. The van der Waals surface area contributed by atoms with Crippen LogP contribution in [-0.4, -0.2) is 41.1 Å². The summed E-state index contributed by atoms with van der Waals surface area (Å²) >= 11 is 0. The molecule has 98 valence electrons. The lowest BCUT2D eigenvalue weighted by Gasteiger charge is -2.42. The summed E-state index contributed by atoms with van der Waals surface area (Å²) in [5.74, 6) is -1.46. The highest BCUT2D eigenvalue weighted by molar-refractivity contribution is 5.97. The first-order valence-corrected chi connectivity index (χ1v) is 5.93. The Morgan fingerprint density at radius 2 is 2.22 bits per heavy atom. The maximum atomic E-state index is 13.7. The number of nitrogens with one attached hydrogen (secondary N) is 1. The number of nitrogens with zero attached hydrogens (tertiary/aromatic N) is 1. The number of hydrogen-bond acceptors (Lipinski definition) is 3. The van der Waals surface area contributed by atoms with Crippen molar-refractivity contribution >= 4 is 5.91 Å². The van der Waals surface area contributed by atoms with Crippen molar-refractivity contribution in [1.29, 1.82) is 0 Å². The zero-order valence-electron chi connectivity index (χ0n) is 10.5. The van der Waals surface area contributed by atoms with Gasteiger partial charge in [0, 0.05) is 19.6 Å². The van der Waals surface area contributed by atoms with E-state index in [0.29, 0.717) is 19.6 Å². The fraction of sp³-hybridized carbons (Fsp3) is 0.462. The minimum Gasteiger partial charge on any atom is -0.507 e. The first kappa shape index (κ1) is 12.8. The van der Waals surface area contributed by atoms with Gasteiger partial charge in [0.05, 0.1) is 5.54 Å². The molecule has 1 aliphatic rings. The number of halogens is 1. The Morgan fingerprint density at radius 3 is 2.83 bits per heavy atom. The fourth-order valence-corrected chi connectivity index (χ4v) is 2.22. The van der Waals surface area contributed by atoms with E-state index in [4.69, 9.17) is 0 Å². The van der Waals surface area contributed by atoms with Crippen LogP contribution in [-0.2, 0) is 0 Å². The van der Waals surface area contributed by atoms with Gasteiger partial charge in [0.2, 0.25) is 0 Å². The Labute approximate surface area is 105 Å². The number of aromatic hydroxyl groups is 1. The number of phenolic OH excluding ortho intramolecular Hbond substituents is 1. The van der Waals surface area contributed by atoms with E-state index >= 15 is 0 Å². The lowest BCUT2D eigenvalue weighted by atomic mass is 9.98. The van der Waals surface area contributed by atoms with Gasteiger partial charge in [-0.2, -0.15) is 0 Å². The van der Waals surface area contributed by atoms with Crippen LogP contribution < -0.4 is 5.32 Å². The molecule has 0 bridgehead atoms. The number of benzene rings is 1. The van der Waals surface area contributed by atoms with Gasteiger partial charge in [0.1, 0.15) is 17.1 Å². The average molecular weight is 252 g/mol. The van der Waals surface area contributed by atoms with Gasteiger partial charge in [0.15, 0.2) is 0 Å². The Balaban J connectivity index is 2.36. The molecular formula is C13H17FN2O2. The minimum absolute atomic E-state index is 0.243. The molecule has 0 atom stereocenters. The predicted molar refractivity (Wildman–Crippen MR) is 66.1 cm³/mol. The van der Waals surface area contributed by atoms with E-state index in [-0.39, 0.29) is 11.3 Å². The second-order valence-corrected chi connectivity index (χ2v) is 5.08. The van der Waals surface area contributed by atoms with Crippen molar-refractivity contribution in [2.45, 2.75) is 19.4 Å². The van der Waals surface area contributed by atoms with Gasteiger partial charge in [-0.3, -0.25) is 4.79 Å². The normalized spacial score (nSPS) is 18.7. The molecule has 1 heterocycles. The number of piperazine rings is 1. The van der Waals surface area contributed by atoms with Crippen LogP contribution in [0, 0.1) is 5.82 Å². The highest BCUT2D eigenvalue weighted by Crippen LogP contribution is 2.26. The highest BCUT2D eigenvalue weighted by atomic mass is 19.1. The van der Waals surface area contributed by atoms with Crippen molar-refractivity contribution in [1.82, 2.24) is 10.2 Å². The van der Waals surface area contributed by atoms with Crippen LogP contribution in [0.4, 0.5) is 4.39 Å². The summed E-state index contributed by atoms with van der Waals surface area (Å²) < 4.78 is 13.7. The largest absolute Gasteiger partial charge is 0.507 e. The van der Waals surface area contributed by atoms with Gasteiger partial charge in [0.25, 0.3) is 5.91 Å². The molecule has 0 aromatic heterocycles. The molecule has 0 aliphatic carbocycles. The van der Waals surface area contributed by atoms with Crippen LogP contribution in [0.2, 0.25) is 0 Å². The topological polar surface area (TPSA) is 52.6 Å². The number of rotatable bonds is 1. The monoisotopic (exact) mass is 252 g/mol. The van der Waals surface area contributed by atoms with Gasteiger partial charge in [-0.1, -0.05) is 6.07 Å². The summed E-state index contributed by atoms with van der Waals surface area (Å²) in [6.45, 7) is 5.64. The molecule has 5 heteroatoms. The SMILES string of the molecule is CC1(C)CNCCN1C(=O)c1c(O)cccc1F. The third-order valence-electron chi connectivity index (χ3n) is 3.25. The molecular weight excluding hydrogens is 235 g/mol. The lowest BCUT2D eigenvalue weighted by Crippen LogP contribution is -2.59. The average Bonchev–Trinajstić information content (AvgIpc) is 2.27. The Kier molecular flexibility index (Phi) is 3.26. The zero-order valence-corrected chi connectivity index (χ0v) is 10.5. The maximum Gasteiger partial charge on any atom is 0.261 e. The van der Waals surface area contributed by atoms with Crippen molar-refractivity contribution in [3.63, 3.8) is 0 Å². The van der Waals surface area contributed by atoms with E-state index < -0.39 is 17.3 Å². The number of phenols is 1. The van der Waals surface area contributed by atoms with Crippen LogP contribution in [0.1, 0.15) is 24.2 Å². The van der Waals surface area contributed by atoms with Crippen molar-refractivity contribution < 1.29 is 14.3 Å². The van der Waals surface area contributed by atoms with Gasteiger partial charge in [-0.05, 0) is 26.0 Å². The summed E-state index contributed by atoms with van der Waals surface area (Å²) in [5, 5.41) is 12.8. The van der Waals surface area contributed by atoms with E-state index in [0.717, 1.165) is 0 Å². The number of hydrogen-bond donors (Lipinski definition) is 2. The molecule has 1 fully saturated rings. The van der Waals surface area contributed by atoms with E-state index in [9.17, 15) is 14.3 Å². The second kappa shape index (κ2) is 4.57. The van der Waals surface area contributed by atoms with Crippen LogP contribution >= 0.6 is 0 Å². The van der Waals surface area contributed by atoms with Crippen LogP contribution in [0.3, 0.4) is 0 Å². The van der Waals surface area contributed by atoms with Gasteiger partial charge in [-0.25, -0.2) is 4.39 Å². The zero-order chi connectivity index (χ0) is 13.3. The van der Waals surface area contributed by atoms with Crippen molar-refractivity contribution in [3.8, 4) is 5.75 Å². The van der Waals surface area contributed by atoms with E-state index in [1.165, 1.54) is 18.2 Å². The molecule has 1 amide bonds. The quantitative estimate of drug-likeness (QED) is 0.793. The molecule has 1 saturated heterocycles. The van der Waals surface area contributed by atoms with Gasteiger partial charge < -0.3 is 15.3 Å². The van der Waals surface area contributed by atoms with Gasteiger partial charge >= 0.3 is 0 Å². The lowest BCUT2D eigenvalue weighted by molar-refractivity contribution is 0.0470. The molecule has 18 heavy (non-hydrogen) atoms. The summed E-state index contributed by atoms with van der Waals surface area (Å²) in [7, 11) is 0. The first-order valence-electron chi connectivity index (χ1n) is 5.93. The summed E-state index contributed by atoms with van der Waals surface area (Å²) in [6, 6.07) is 3.89. The Hall–Kier alpha value is -1.62. The Bertz CT molecular complexity index is 454. The van der Waals surface area contributed by atoms with Gasteiger partial charge in [-0.15, -0.1) is 0 Å². The second-order valence-electron chi connectivity index (χ2n) is 5.08. The van der Waals surface area contributed by atoms with Crippen molar-refractivity contribution in [2.24, 2.45) is 0 Å². The molecule has 0 saturated carbocycles. The van der Waals surface area contributed by atoms with E-state index in [2.05, 4.69) is 5.32 Å². The standard InChI is InChI=1S/C13H17FN2O2/c1-13(2)8-15-6-7-16(13)12(18)11-9(14)4-3-5-10(11)17/h3-5,15,17H,6-8H2,1-2H3. The maximum absolute atomic E-state index is 13.7. The molecule has 2 N–H and O–H groups in total. The smallest absolute Gasteiger partial charge is 0.261 e. The predicted octanol–water partition coefficient (Wildman–Crippen LogP) is 1.36. The molecule has 0 radical (unpaired) electrons. The van der Waals surface area contributed by atoms with E-state index in [1.54, 1.807) is 4.90 Å². The van der Waals surface area contributed by atoms with E-state index in [1.807, 2.05) is 13.8 Å². The Morgan fingerprint density at radius 1 is 1.50 bits per heavy atom. The third kappa shape index (κ3) is 2.18. The molecule has 0 spiro atoms. The number of carbonyl (C=O) groups excluding carboxylic acids is 1. The van der Waals surface area contributed by atoms with Crippen LogP contribution in [0.15, 0.2) is 18.2 Å². The minimum atomic E-state index is -0.686. The van der Waals surface area contributed by atoms with Crippen molar-refractivity contribution in [2.75, 3.05) is 19.6 Å². The van der Waals surface area contributed by atoms with Crippen LogP contribution in [0.5, 0.6) is 5.75 Å².